The van der Waals surface area contributed by atoms with Crippen LogP contribution in [0.3, 0.4) is 0 Å². The van der Waals surface area contributed by atoms with Crippen LogP contribution in [0.1, 0.15) is 23.2 Å². The summed E-state index contributed by atoms with van der Waals surface area (Å²) in [6.45, 7) is 2.53. The molecule has 0 saturated heterocycles. The summed E-state index contributed by atoms with van der Waals surface area (Å²) in [4.78, 5) is 15.2. The zero-order valence-electron chi connectivity index (χ0n) is 13.7. The number of amides is 1. The van der Waals surface area contributed by atoms with Gasteiger partial charge in [-0.2, -0.15) is 0 Å². The second-order valence-corrected chi connectivity index (χ2v) is 6.00. The van der Waals surface area contributed by atoms with Crippen LogP contribution in [0.25, 0.3) is 10.9 Å². The van der Waals surface area contributed by atoms with Crippen molar-refractivity contribution in [1.82, 2.24) is 10.3 Å². The first kappa shape index (κ1) is 16.2. The van der Waals surface area contributed by atoms with Gasteiger partial charge < -0.3 is 10.3 Å². The molecule has 0 spiro atoms. The number of halogens is 1. The minimum Gasteiger partial charge on any atom is -0.358 e. The zero-order valence-corrected chi connectivity index (χ0v) is 13.7. The third-order valence-corrected chi connectivity index (χ3v) is 4.26. The molecule has 1 heterocycles. The number of aryl methyl sites for hydroxylation is 2. The summed E-state index contributed by atoms with van der Waals surface area (Å²) >= 11 is 0. The second kappa shape index (κ2) is 7.30. The largest absolute Gasteiger partial charge is 0.358 e. The molecule has 3 aromatic rings. The van der Waals surface area contributed by atoms with E-state index in [0.29, 0.717) is 19.4 Å². The van der Waals surface area contributed by atoms with E-state index >= 15 is 0 Å². The summed E-state index contributed by atoms with van der Waals surface area (Å²) in [5.41, 5.74) is 4.18. The van der Waals surface area contributed by atoms with Crippen LogP contribution in [0.5, 0.6) is 0 Å². The quantitative estimate of drug-likeness (QED) is 0.709. The summed E-state index contributed by atoms with van der Waals surface area (Å²) < 4.78 is 13.5. The first-order chi connectivity index (χ1) is 11.6. The highest BCUT2D eigenvalue weighted by Crippen LogP contribution is 2.23. The molecule has 0 bridgehead atoms. The van der Waals surface area contributed by atoms with Crippen molar-refractivity contribution in [2.75, 3.05) is 6.54 Å². The monoisotopic (exact) mass is 324 g/mol. The summed E-state index contributed by atoms with van der Waals surface area (Å²) in [5.74, 6) is -0.197. The SMILES string of the molecule is Cc1[nH]c2ccc(F)cc2c1CCNC(=O)CCc1ccccc1. The number of rotatable bonds is 6. The fourth-order valence-corrected chi connectivity index (χ4v) is 2.99. The number of benzene rings is 2. The third-order valence-electron chi connectivity index (χ3n) is 4.26. The minimum absolute atomic E-state index is 0.0440. The molecular weight excluding hydrogens is 303 g/mol. The maximum absolute atomic E-state index is 13.5. The van der Waals surface area contributed by atoms with Crippen LogP contribution in [-0.2, 0) is 17.6 Å². The van der Waals surface area contributed by atoms with Crippen molar-refractivity contribution in [3.63, 3.8) is 0 Å². The fraction of sp³-hybridized carbons (Fsp3) is 0.250. The Bertz CT molecular complexity index is 839. The van der Waals surface area contributed by atoms with Gasteiger partial charge in [-0.25, -0.2) is 4.39 Å². The van der Waals surface area contributed by atoms with Crippen molar-refractivity contribution in [3.05, 3.63) is 71.2 Å². The van der Waals surface area contributed by atoms with Crippen LogP contribution in [0, 0.1) is 12.7 Å². The van der Waals surface area contributed by atoms with E-state index in [1.807, 2.05) is 37.3 Å². The summed E-state index contributed by atoms with van der Waals surface area (Å²) in [7, 11) is 0. The lowest BCUT2D eigenvalue weighted by molar-refractivity contribution is -0.121. The molecule has 1 aromatic heterocycles. The molecule has 2 aromatic carbocycles. The smallest absolute Gasteiger partial charge is 0.220 e. The van der Waals surface area contributed by atoms with Gasteiger partial charge >= 0.3 is 0 Å². The Balaban J connectivity index is 1.54. The molecule has 124 valence electrons. The summed E-state index contributed by atoms with van der Waals surface area (Å²) in [6.07, 6.45) is 1.90. The van der Waals surface area contributed by atoms with Gasteiger partial charge in [-0.1, -0.05) is 30.3 Å². The Labute approximate surface area is 140 Å². The first-order valence-electron chi connectivity index (χ1n) is 8.21. The molecule has 3 nitrogen and oxygen atoms in total. The van der Waals surface area contributed by atoms with Crippen molar-refractivity contribution >= 4 is 16.8 Å². The van der Waals surface area contributed by atoms with Crippen LogP contribution in [-0.4, -0.2) is 17.4 Å². The molecule has 24 heavy (non-hydrogen) atoms. The number of H-pyrrole nitrogens is 1. The van der Waals surface area contributed by atoms with E-state index in [1.165, 1.54) is 6.07 Å². The minimum atomic E-state index is -0.241. The molecule has 0 aliphatic carbocycles. The van der Waals surface area contributed by atoms with Crippen LogP contribution in [0.4, 0.5) is 4.39 Å². The Hall–Kier alpha value is -2.62. The maximum atomic E-state index is 13.5. The Morgan fingerprint density at radius 2 is 1.92 bits per heavy atom. The molecule has 3 rings (SSSR count). The van der Waals surface area contributed by atoms with Crippen LogP contribution in [0.2, 0.25) is 0 Å². The van der Waals surface area contributed by atoms with Crippen LogP contribution < -0.4 is 5.32 Å². The highest BCUT2D eigenvalue weighted by atomic mass is 19.1. The third kappa shape index (κ3) is 3.82. The van der Waals surface area contributed by atoms with E-state index in [0.717, 1.165) is 34.1 Å². The number of fused-ring (bicyclic) bond motifs is 1. The Kier molecular flexibility index (Phi) is 4.94. The van der Waals surface area contributed by atoms with Crippen molar-refractivity contribution < 1.29 is 9.18 Å². The second-order valence-electron chi connectivity index (χ2n) is 6.00. The average molecular weight is 324 g/mol. The van der Waals surface area contributed by atoms with Crippen molar-refractivity contribution in [1.29, 1.82) is 0 Å². The first-order valence-corrected chi connectivity index (χ1v) is 8.21. The summed E-state index contributed by atoms with van der Waals surface area (Å²) in [6, 6.07) is 14.7. The lowest BCUT2D eigenvalue weighted by atomic mass is 10.1. The number of nitrogens with one attached hydrogen (secondary N) is 2. The van der Waals surface area contributed by atoms with Crippen molar-refractivity contribution in [3.8, 4) is 0 Å². The molecule has 0 radical (unpaired) electrons. The molecule has 2 N–H and O–H groups in total. The van der Waals surface area contributed by atoms with E-state index in [4.69, 9.17) is 0 Å². The van der Waals surface area contributed by atoms with Crippen molar-refractivity contribution in [2.45, 2.75) is 26.2 Å². The molecule has 0 atom stereocenters. The molecule has 0 fully saturated rings. The molecule has 0 aliphatic rings. The number of hydrogen-bond acceptors (Lipinski definition) is 1. The van der Waals surface area contributed by atoms with Gasteiger partial charge in [0.1, 0.15) is 5.82 Å². The molecule has 1 amide bonds. The average Bonchev–Trinajstić information content (AvgIpc) is 2.89. The number of hydrogen-bond donors (Lipinski definition) is 2. The molecule has 4 heteroatoms. The lowest BCUT2D eigenvalue weighted by Gasteiger charge is -2.06. The molecule has 0 saturated carbocycles. The number of carbonyl (C=O) groups is 1. The fourth-order valence-electron chi connectivity index (χ4n) is 2.99. The standard InChI is InChI=1S/C20H21FN2O/c1-14-17(18-13-16(21)8-9-19(18)23-14)11-12-22-20(24)10-7-15-5-3-2-4-6-15/h2-6,8-9,13,23H,7,10-12H2,1H3,(H,22,24). The van der Waals surface area contributed by atoms with E-state index in [2.05, 4.69) is 10.3 Å². The highest BCUT2D eigenvalue weighted by molar-refractivity contribution is 5.84. The van der Waals surface area contributed by atoms with Gasteiger partial charge in [-0.3, -0.25) is 4.79 Å². The van der Waals surface area contributed by atoms with Gasteiger partial charge in [0, 0.05) is 29.6 Å². The highest BCUT2D eigenvalue weighted by Gasteiger charge is 2.10. The van der Waals surface area contributed by atoms with Gasteiger partial charge in [-0.15, -0.1) is 0 Å². The number of carbonyl (C=O) groups excluding carboxylic acids is 1. The number of aromatic nitrogens is 1. The summed E-state index contributed by atoms with van der Waals surface area (Å²) in [5, 5.41) is 3.85. The van der Waals surface area contributed by atoms with Crippen LogP contribution >= 0.6 is 0 Å². The van der Waals surface area contributed by atoms with Gasteiger partial charge in [0.15, 0.2) is 0 Å². The van der Waals surface area contributed by atoms with Gasteiger partial charge in [0.25, 0.3) is 0 Å². The lowest BCUT2D eigenvalue weighted by Crippen LogP contribution is -2.26. The topological polar surface area (TPSA) is 44.9 Å². The zero-order chi connectivity index (χ0) is 16.9. The van der Waals surface area contributed by atoms with E-state index in [9.17, 15) is 9.18 Å². The van der Waals surface area contributed by atoms with Gasteiger partial charge in [0.05, 0.1) is 0 Å². The molecule has 0 aliphatic heterocycles. The predicted octanol–water partition coefficient (Wildman–Crippen LogP) is 3.91. The van der Waals surface area contributed by atoms with Crippen LogP contribution in [0.15, 0.2) is 48.5 Å². The maximum Gasteiger partial charge on any atom is 0.220 e. The molecule has 0 unspecified atom stereocenters. The van der Waals surface area contributed by atoms with E-state index < -0.39 is 0 Å². The van der Waals surface area contributed by atoms with E-state index in [1.54, 1.807) is 12.1 Å². The van der Waals surface area contributed by atoms with Crippen molar-refractivity contribution in [2.24, 2.45) is 0 Å². The van der Waals surface area contributed by atoms with Gasteiger partial charge in [-0.05, 0) is 49.1 Å². The van der Waals surface area contributed by atoms with E-state index in [-0.39, 0.29) is 11.7 Å². The Morgan fingerprint density at radius 1 is 1.12 bits per heavy atom. The van der Waals surface area contributed by atoms with Gasteiger partial charge in [0.2, 0.25) is 5.91 Å². The Morgan fingerprint density at radius 3 is 2.71 bits per heavy atom. The normalized spacial score (nSPS) is 10.9. The molecular formula is C20H21FN2O. The predicted molar refractivity (Wildman–Crippen MR) is 94.5 cm³/mol. The number of aromatic amines is 1.